The fourth-order valence-electron chi connectivity index (χ4n) is 0.875. The van der Waals surface area contributed by atoms with Crippen molar-refractivity contribution in [1.82, 2.24) is 0 Å². The summed E-state index contributed by atoms with van der Waals surface area (Å²) in [6.45, 7) is 9.63. The third kappa shape index (κ3) is 4.43. The van der Waals surface area contributed by atoms with Gasteiger partial charge in [0.15, 0.2) is 6.29 Å². The van der Waals surface area contributed by atoms with Crippen molar-refractivity contribution in [3.63, 3.8) is 0 Å². The zero-order valence-electron chi connectivity index (χ0n) is 8.34. The molecule has 0 aromatic rings. The summed E-state index contributed by atoms with van der Waals surface area (Å²) < 4.78 is 10.9. The fraction of sp³-hybridized carbons (Fsp3) is 1.00. The zero-order chi connectivity index (χ0) is 9.56. The molecule has 0 saturated heterocycles. The first-order valence-electron chi connectivity index (χ1n) is 4.50. The minimum atomic E-state index is -0.111. The van der Waals surface area contributed by atoms with Gasteiger partial charge in [0, 0.05) is 13.2 Å². The monoisotopic (exact) mass is 238 g/mol. The third-order valence-electron chi connectivity index (χ3n) is 1.56. The van der Waals surface area contributed by atoms with E-state index in [-0.39, 0.29) is 11.1 Å². The quantitative estimate of drug-likeness (QED) is 0.524. The van der Waals surface area contributed by atoms with Crippen LogP contribution in [0.3, 0.4) is 0 Å². The lowest BCUT2D eigenvalue weighted by Gasteiger charge is -2.24. The highest BCUT2D eigenvalue weighted by atomic mass is 79.9. The van der Waals surface area contributed by atoms with Crippen LogP contribution in [0.5, 0.6) is 0 Å². The van der Waals surface area contributed by atoms with E-state index in [2.05, 4.69) is 29.8 Å². The summed E-state index contributed by atoms with van der Waals surface area (Å²) in [5.74, 6) is 0.521. The molecule has 0 rings (SSSR count). The van der Waals surface area contributed by atoms with Crippen LogP contribution in [0.25, 0.3) is 0 Å². The minimum Gasteiger partial charge on any atom is -0.352 e. The standard InChI is InChI=1S/C9H19BrO2/c1-5-11-9(12-6-2)8(10)7(3)4/h7-9H,5-6H2,1-4H3. The maximum Gasteiger partial charge on any atom is 0.170 e. The predicted octanol–water partition coefficient (Wildman–Crippen LogP) is 2.81. The van der Waals surface area contributed by atoms with E-state index in [4.69, 9.17) is 9.47 Å². The second-order valence-corrected chi connectivity index (χ2v) is 4.02. The molecule has 0 bridgehead atoms. The molecule has 0 aromatic carbocycles. The van der Waals surface area contributed by atoms with Crippen molar-refractivity contribution in [3.05, 3.63) is 0 Å². The summed E-state index contributed by atoms with van der Waals surface area (Å²) in [6, 6.07) is 0. The van der Waals surface area contributed by atoms with Gasteiger partial charge in [-0.05, 0) is 19.8 Å². The van der Waals surface area contributed by atoms with Gasteiger partial charge in [0.1, 0.15) is 0 Å². The summed E-state index contributed by atoms with van der Waals surface area (Å²) in [7, 11) is 0. The minimum absolute atomic E-state index is 0.111. The van der Waals surface area contributed by atoms with Crippen LogP contribution in [0.2, 0.25) is 0 Å². The molecule has 3 heteroatoms. The normalized spacial score (nSPS) is 14.2. The van der Waals surface area contributed by atoms with Gasteiger partial charge in [0.25, 0.3) is 0 Å². The molecular weight excluding hydrogens is 220 g/mol. The molecule has 0 saturated carbocycles. The van der Waals surface area contributed by atoms with Crippen LogP contribution in [0.15, 0.2) is 0 Å². The third-order valence-corrected chi connectivity index (χ3v) is 3.05. The number of halogens is 1. The molecular formula is C9H19BrO2. The smallest absolute Gasteiger partial charge is 0.170 e. The Labute approximate surface area is 83.8 Å². The summed E-state index contributed by atoms with van der Waals surface area (Å²) in [4.78, 5) is 0.275. The van der Waals surface area contributed by atoms with Crippen LogP contribution in [0, 0.1) is 5.92 Å². The number of alkyl halides is 1. The molecule has 0 aliphatic heterocycles. The van der Waals surface area contributed by atoms with Crippen LogP contribution in [0.4, 0.5) is 0 Å². The van der Waals surface area contributed by atoms with Crippen LogP contribution >= 0.6 is 15.9 Å². The molecule has 0 heterocycles. The molecule has 0 aliphatic rings. The highest BCUT2D eigenvalue weighted by molar-refractivity contribution is 9.09. The molecule has 0 radical (unpaired) electrons. The van der Waals surface area contributed by atoms with E-state index in [1.165, 1.54) is 0 Å². The van der Waals surface area contributed by atoms with Gasteiger partial charge >= 0.3 is 0 Å². The largest absolute Gasteiger partial charge is 0.352 e. The highest BCUT2D eigenvalue weighted by Crippen LogP contribution is 2.19. The molecule has 0 amide bonds. The maximum atomic E-state index is 5.44. The Morgan fingerprint density at radius 3 is 1.75 bits per heavy atom. The van der Waals surface area contributed by atoms with Gasteiger partial charge < -0.3 is 9.47 Å². The number of hydrogen-bond donors (Lipinski definition) is 0. The first-order chi connectivity index (χ1) is 5.63. The molecule has 74 valence electrons. The molecule has 0 aromatic heterocycles. The van der Waals surface area contributed by atoms with Crippen molar-refractivity contribution in [2.45, 2.75) is 38.8 Å². The van der Waals surface area contributed by atoms with Crippen LogP contribution in [0.1, 0.15) is 27.7 Å². The number of ether oxygens (including phenoxy) is 2. The molecule has 0 fully saturated rings. The average molecular weight is 239 g/mol. The highest BCUT2D eigenvalue weighted by Gasteiger charge is 2.22. The van der Waals surface area contributed by atoms with Gasteiger partial charge in [-0.2, -0.15) is 0 Å². The van der Waals surface area contributed by atoms with E-state index in [0.29, 0.717) is 19.1 Å². The fourth-order valence-corrected chi connectivity index (χ4v) is 1.18. The summed E-state index contributed by atoms with van der Waals surface area (Å²) in [6.07, 6.45) is -0.111. The first-order valence-corrected chi connectivity index (χ1v) is 5.42. The Morgan fingerprint density at radius 1 is 1.08 bits per heavy atom. The number of hydrogen-bond acceptors (Lipinski definition) is 2. The lowest BCUT2D eigenvalue weighted by molar-refractivity contribution is -0.139. The number of rotatable bonds is 6. The molecule has 1 unspecified atom stereocenters. The van der Waals surface area contributed by atoms with Crippen LogP contribution in [-0.2, 0) is 9.47 Å². The molecule has 2 nitrogen and oxygen atoms in total. The Balaban J connectivity index is 3.89. The Bertz CT molecular complexity index is 101. The van der Waals surface area contributed by atoms with Crippen molar-refractivity contribution in [2.24, 2.45) is 5.92 Å². The van der Waals surface area contributed by atoms with E-state index < -0.39 is 0 Å². The summed E-state index contributed by atoms with van der Waals surface area (Å²) >= 11 is 3.56. The maximum absolute atomic E-state index is 5.44. The first kappa shape index (κ1) is 12.4. The molecule has 0 spiro atoms. The summed E-state index contributed by atoms with van der Waals surface area (Å²) in [5.41, 5.74) is 0. The van der Waals surface area contributed by atoms with Crippen LogP contribution < -0.4 is 0 Å². The van der Waals surface area contributed by atoms with E-state index in [1.54, 1.807) is 0 Å². The van der Waals surface area contributed by atoms with Crippen molar-refractivity contribution in [1.29, 1.82) is 0 Å². The Kier molecular flexibility index (Phi) is 7.10. The molecule has 0 aliphatic carbocycles. The van der Waals surface area contributed by atoms with Gasteiger partial charge in [-0.15, -0.1) is 0 Å². The second kappa shape index (κ2) is 6.87. The Hall–Kier alpha value is 0.400. The van der Waals surface area contributed by atoms with Crippen LogP contribution in [-0.4, -0.2) is 24.3 Å². The zero-order valence-corrected chi connectivity index (χ0v) is 9.93. The molecule has 0 N–H and O–H groups in total. The molecule has 12 heavy (non-hydrogen) atoms. The SMILES string of the molecule is CCOC(OCC)C(Br)C(C)C. The van der Waals surface area contributed by atoms with Gasteiger partial charge in [0.05, 0.1) is 4.83 Å². The predicted molar refractivity (Wildman–Crippen MR) is 54.6 cm³/mol. The molecule has 1 atom stereocenters. The van der Waals surface area contributed by atoms with Gasteiger partial charge in [-0.3, -0.25) is 0 Å². The van der Waals surface area contributed by atoms with Crippen molar-refractivity contribution in [2.75, 3.05) is 13.2 Å². The van der Waals surface area contributed by atoms with Gasteiger partial charge in [-0.1, -0.05) is 29.8 Å². The second-order valence-electron chi connectivity index (χ2n) is 2.97. The van der Waals surface area contributed by atoms with E-state index in [9.17, 15) is 0 Å². The van der Waals surface area contributed by atoms with Crippen molar-refractivity contribution < 1.29 is 9.47 Å². The van der Waals surface area contributed by atoms with Crippen molar-refractivity contribution in [3.8, 4) is 0 Å². The Morgan fingerprint density at radius 2 is 1.50 bits per heavy atom. The van der Waals surface area contributed by atoms with Gasteiger partial charge in [-0.25, -0.2) is 0 Å². The van der Waals surface area contributed by atoms with Gasteiger partial charge in [0.2, 0.25) is 0 Å². The van der Waals surface area contributed by atoms with E-state index in [0.717, 1.165) is 0 Å². The average Bonchev–Trinajstić information content (AvgIpc) is 2.03. The lowest BCUT2D eigenvalue weighted by Crippen LogP contribution is -2.31. The van der Waals surface area contributed by atoms with E-state index in [1.807, 2.05) is 13.8 Å². The van der Waals surface area contributed by atoms with Crippen molar-refractivity contribution >= 4 is 15.9 Å². The topological polar surface area (TPSA) is 18.5 Å². The van der Waals surface area contributed by atoms with E-state index >= 15 is 0 Å². The summed E-state index contributed by atoms with van der Waals surface area (Å²) in [5, 5.41) is 0. The lowest BCUT2D eigenvalue weighted by atomic mass is 10.1.